The summed E-state index contributed by atoms with van der Waals surface area (Å²) >= 11 is 0. The third-order valence-corrected chi connectivity index (χ3v) is 2.71. The molecule has 0 radical (unpaired) electrons. The predicted octanol–water partition coefficient (Wildman–Crippen LogP) is 1.82. The summed E-state index contributed by atoms with van der Waals surface area (Å²) < 4.78 is 18.3. The monoisotopic (exact) mass is 283 g/mol. The van der Waals surface area contributed by atoms with Crippen molar-refractivity contribution in [2.24, 2.45) is 5.92 Å². The molecule has 0 aromatic heterocycles. The van der Waals surface area contributed by atoms with E-state index in [9.17, 15) is 14.0 Å². The van der Waals surface area contributed by atoms with Gasteiger partial charge in [0.1, 0.15) is 17.6 Å². The number of ether oxygens (including phenoxy) is 1. The van der Waals surface area contributed by atoms with Crippen molar-refractivity contribution in [3.8, 4) is 5.75 Å². The van der Waals surface area contributed by atoms with Crippen molar-refractivity contribution in [3.63, 3.8) is 0 Å². The molecule has 0 spiro atoms. The fraction of sp³-hybridized carbons (Fsp3) is 0.429. The largest absolute Gasteiger partial charge is 0.481 e. The molecule has 6 heteroatoms. The van der Waals surface area contributed by atoms with Crippen LogP contribution in [-0.2, 0) is 9.59 Å². The summed E-state index contributed by atoms with van der Waals surface area (Å²) in [5.74, 6) is -2.18. The maximum absolute atomic E-state index is 13.0. The molecule has 2 N–H and O–H groups in total. The molecular formula is C14H18FNO4. The van der Waals surface area contributed by atoms with E-state index >= 15 is 0 Å². The van der Waals surface area contributed by atoms with Crippen LogP contribution in [0.4, 0.5) is 4.39 Å². The Morgan fingerprint density at radius 3 is 2.45 bits per heavy atom. The highest BCUT2D eigenvalue weighted by atomic mass is 19.1. The van der Waals surface area contributed by atoms with Crippen molar-refractivity contribution < 1.29 is 23.8 Å². The van der Waals surface area contributed by atoms with Crippen LogP contribution in [0.25, 0.3) is 0 Å². The van der Waals surface area contributed by atoms with Crippen LogP contribution in [0.15, 0.2) is 24.3 Å². The number of carbonyl (C=O) groups is 2. The number of amides is 1. The first-order valence-electron chi connectivity index (χ1n) is 6.26. The van der Waals surface area contributed by atoms with Crippen LogP contribution >= 0.6 is 0 Å². The second-order valence-electron chi connectivity index (χ2n) is 4.79. The number of carboxylic acids is 1. The molecule has 1 aromatic carbocycles. The quantitative estimate of drug-likeness (QED) is 0.835. The molecule has 0 aliphatic carbocycles. The van der Waals surface area contributed by atoms with Gasteiger partial charge in [-0.3, -0.25) is 4.79 Å². The zero-order valence-corrected chi connectivity index (χ0v) is 11.6. The standard InChI is InChI=1S/C14H18FNO4/c1-8(2)12(14(18)19)16-13(17)9(3)20-11-6-4-5-10(15)7-11/h4-9,12H,1-3H3,(H,16,17)(H,18,19)/t9?,12-/m1/s1. The van der Waals surface area contributed by atoms with E-state index in [2.05, 4.69) is 5.32 Å². The van der Waals surface area contributed by atoms with Gasteiger partial charge in [-0.1, -0.05) is 19.9 Å². The molecule has 0 aliphatic rings. The third-order valence-electron chi connectivity index (χ3n) is 2.71. The lowest BCUT2D eigenvalue weighted by atomic mass is 10.0. The number of halogens is 1. The van der Waals surface area contributed by atoms with Crippen molar-refractivity contribution in [1.29, 1.82) is 0 Å². The van der Waals surface area contributed by atoms with Gasteiger partial charge in [0, 0.05) is 6.07 Å². The van der Waals surface area contributed by atoms with Gasteiger partial charge in [-0.15, -0.1) is 0 Å². The Kier molecular flexibility index (Phi) is 5.49. The highest BCUT2D eigenvalue weighted by Crippen LogP contribution is 2.14. The lowest BCUT2D eigenvalue weighted by Gasteiger charge is -2.21. The normalized spacial score (nSPS) is 13.7. The third kappa shape index (κ3) is 4.53. The molecule has 110 valence electrons. The van der Waals surface area contributed by atoms with Crippen molar-refractivity contribution >= 4 is 11.9 Å². The van der Waals surface area contributed by atoms with Gasteiger partial charge in [0.05, 0.1) is 0 Å². The minimum absolute atomic E-state index is 0.212. The van der Waals surface area contributed by atoms with E-state index in [1.165, 1.54) is 25.1 Å². The van der Waals surface area contributed by atoms with Crippen LogP contribution in [0.3, 0.4) is 0 Å². The van der Waals surface area contributed by atoms with Gasteiger partial charge < -0.3 is 15.2 Å². The summed E-state index contributed by atoms with van der Waals surface area (Å²) in [5.41, 5.74) is 0. The number of hydrogen-bond acceptors (Lipinski definition) is 3. The van der Waals surface area contributed by atoms with Gasteiger partial charge in [0.2, 0.25) is 0 Å². The summed E-state index contributed by atoms with van der Waals surface area (Å²) in [7, 11) is 0. The lowest BCUT2D eigenvalue weighted by Crippen LogP contribution is -2.48. The molecule has 0 aliphatic heterocycles. The fourth-order valence-electron chi connectivity index (χ4n) is 1.58. The van der Waals surface area contributed by atoms with Crippen LogP contribution in [0.1, 0.15) is 20.8 Å². The van der Waals surface area contributed by atoms with Crippen LogP contribution in [0.5, 0.6) is 5.75 Å². The Morgan fingerprint density at radius 1 is 1.30 bits per heavy atom. The van der Waals surface area contributed by atoms with Crippen molar-refractivity contribution in [2.75, 3.05) is 0 Å². The van der Waals surface area contributed by atoms with E-state index in [-0.39, 0.29) is 11.7 Å². The van der Waals surface area contributed by atoms with Crippen LogP contribution in [0, 0.1) is 11.7 Å². The average molecular weight is 283 g/mol. The van der Waals surface area contributed by atoms with Gasteiger partial charge >= 0.3 is 5.97 Å². The maximum Gasteiger partial charge on any atom is 0.326 e. The molecule has 0 saturated heterocycles. The molecule has 0 saturated carbocycles. The van der Waals surface area contributed by atoms with E-state index in [1.807, 2.05) is 0 Å². The van der Waals surface area contributed by atoms with Crippen molar-refractivity contribution in [3.05, 3.63) is 30.1 Å². The second kappa shape index (κ2) is 6.88. The number of rotatable bonds is 6. The van der Waals surface area contributed by atoms with E-state index in [0.29, 0.717) is 0 Å². The van der Waals surface area contributed by atoms with Gasteiger partial charge in [-0.05, 0) is 25.0 Å². The molecule has 0 heterocycles. The summed E-state index contributed by atoms with van der Waals surface area (Å²) in [6, 6.07) is 4.41. The summed E-state index contributed by atoms with van der Waals surface area (Å²) in [5, 5.41) is 11.4. The molecule has 1 rings (SSSR count). The van der Waals surface area contributed by atoms with Gasteiger partial charge in [-0.25, -0.2) is 9.18 Å². The maximum atomic E-state index is 13.0. The number of hydrogen-bond donors (Lipinski definition) is 2. The number of carbonyl (C=O) groups excluding carboxylic acids is 1. The fourth-order valence-corrected chi connectivity index (χ4v) is 1.58. The summed E-state index contributed by atoms with van der Waals surface area (Å²) in [4.78, 5) is 22.9. The summed E-state index contributed by atoms with van der Waals surface area (Å²) in [6.07, 6.45) is -0.919. The second-order valence-corrected chi connectivity index (χ2v) is 4.79. The minimum Gasteiger partial charge on any atom is -0.481 e. The Labute approximate surface area is 116 Å². The molecule has 1 amide bonds. The van der Waals surface area contributed by atoms with E-state index < -0.39 is 29.8 Å². The first-order valence-corrected chi connectivity index (χ1v) is 6.26. The molecule has 1 aromatic rings. The molecule has 5 nitrogen and oxygen atoms in total. The molecule has 20 heavy (non-hydrogen) atoms. The van der Waals surface area contributed by atoms with Gasteiger partial charge in [0.15, 0.2) is 6.10 Å². The first-order chi connectivity index (χ1) is 9.31. The number of aliphatic carboxylic acids is 1. The zero-order valence-electron chi connectivity index (χ0n) is 11.6. The Balaban J connectivity index is 2.65. The molecular weight excluding hydrogens is 265 g/mol. The first kappa shape index (κ1) is 15.9. The number of nitrogens with one attached hydrogen (secondary N) is 1. The number of carboxylic acid groups (broad SMARTS) is 1. The summed E-state index contributed by atoms with van der Waals surface area (Å²) in [6.45, 7) is 4.85. The van der Waals surface area contributed by atoms with Gasteiger partial charge in [-0.2, -0.15) is 0 Å². The Hall–Kier alpha value is -2.11. The minimum atomic E-state index is -1.11. The highest BCUT2D eigenvalue weighted by Gasteiger charge is 2.26. The lowest BCUT2D eigenvalue weighted by molar-refractivity contribution is -0.144. The Morgan fingerprint density at radius 2 is 1.95 bits per heavy atom. The average Bonchev–Trinajstić information content (AvgIpc) is 2.34. The predicted molar refractivity (Wildman–Crippen MR) is 70.9 cm³/mol. The topological polar surface area (TPSA) is 75.6 Å². The SMILES string of the molecule is CC(Oc1cccc(F)c1)C(=O)N[C@@H](C(=O)O)C(C)C. The van der Waals surface area contributed by atoms with E-state index in [0.717, 1.165) is 6.07 Å². The van der Waals surface area contributed by atoms with Crippen LogP contribution in [0.2, 0.25) is 0 Å². The molecule has 0 bridgehead atoms. The van der Waals surface area contributed by atoms with Crippen LogP contribution < -0.4 is 10.1 Å². The highest BCUT2D eigenvalue weighted by molar-refractivity contribution is 5.86. The zero-order chi connectivity index (χ0) is 15.3. The van der Waals surface area contributed by atoms with Crippen molar-refractivity contribution in [1.82, 2.24) is 5.32 Å². The molecule has 2 atom stereocenters. The van der Waals surface area contributed by atoms with Crippen LogP contribution in [-0.4, -0.2) is 29.1 Å². The number of benzene rings is 1. The van der Waals surface area contributed by atoms with E-state index in [1.54, 1.807) is 13.8 Å². The Bertz CT molecular complexity index is 490. The molecule has 0 fully saturated rings. The van der Waals surface area contributed by atoms with E-state index in [4.69, 9.17) is 9.84 Å². The smallest absolute Gasteiger partial charge is 0.326 e. The van der Waals surface area contributed by atoms with Gasteiger partial charge in [0.25, 0.3) is 5.91 Å². The molecule has 1 unspecified atom stereocenters. The van der Waals surface area contributed by atoms with Crippen molar-refractivity contribution in [2.45, 2.75) is 32.9 Å².